The highest BCUT2D eigenvalue weighted by atomic mass is 32.2. The van der Waals surface area contributed by atoms with E-state index in [4.69, 9.17) is 38.9 Å². The molecule has 2 unspecified atom stereocenters. The number of carboxylic acids is 2. The Hall–Kier alpha value is -12.4. The average Bonchev–Trinajstić information content (AvgIpc) is 1.58. The molecule has 134 heavy (non-hydrogen) atoms. The number of rotatable bonds is 22. The Labute approximate surface area is 786 Å². The van der Waals surface area contributed by atoms with Crippen molar-refractivity contribution >= 4 is 124 Å². The van der Waals surface area contributed by atoms with E-state index >= 15 is 9.59 Å². The van der Waals surface area contributed by atoms with Crippen LogP contribution in [0.1, 0.15) is 185 Å². The predicted molar refractivity (Wildman–Crippen MR) is 506 cm³/mol. The number of fused-ring (bicyclic) bond motifs is 8. The Kier molecular flexibility index (Phi) is 28.5. The number of nitrogens with zero attached hydrogens (tertiary/aromatic N) is 8. The van der Waals surface area contributed by atoms with Crippen LogP contribution in [-0.2, 0) is 45.3 Å². The van der Waals surface area contributed by atoms with Crippen molar-refractivity contribution in [3.05, 3.63) is 149 Å². The van der Waals surface area contributed by atoms with Crippen molar-refractivity contribution in [2.75, 3.05) is 51.0 Å². The number of carbonyl (C=O) groups excluding carboxylic acids is 8. The van der Waals surface area contributed by atoms with E-state index in [0.29, 0.717) is 110 Å². The fourth-order valence-corrected chi connectivity index (χ4v) is 21.5. The number of nitrogens with one attached hydrogen (secondary N) is 8. The number of methoxy groups -OCH3 is 2. The number of ether oxygens (including phenoxy) is 4. The molecule has 0 spiro atoms. The summed E-state index contributed by atoms with van der Waals surface area (Å²) in [5.41, 5.74) is 0.464. The molecule has 10 amide bonds. The first-order chi connectivity index (χ1) is 63.8. The molecular weight excluding hydrogens is 1770 g/mol. The van der Waals surface area contributed by atoms with Crippen molar-refractivity contribution in [1.29, 1.82) is 0 Å². The maximum Gasteiger partial charge on any atom is 0.330 e. The first-order valence-electron chi connectivity index (χ1n) is 45.8. The van der Waals surface area contributed by atoms with Crippen LogP contribution in [0.5, 0.6) is 23.0 Å². The third-order valence-electron chi connectivity index (χ3n) is 26.0. The Balaban J connectivity index is 0.000000204. The Morgan fingerprint density at radius 1 is 0.552 bits per heavy atom. The molecule has 10 heterocycles. The molecule has 2 aliphatic carbocycles. The molecule has 4 aromatic heterocycles. The molecule has 2 saturated heterocycles. The zero-order valence-corrected chi connectivity index (χ0v) is 79.7. The lowest BCUT2D eigenvalue weighted by Crippen LogP contribution is -2.59. The van der Waals surface area contributed by atoms with Gasteiger partial charge in [0.2, 0.25) is 33.7 Å². The van der Waals surface area contributed by atoms with Gasteiger partial charge >= 0.3 is 24.0 Å². The van der Waals surface area contributed by atoms with E-state index in [1.165, 1.54) is 36.8 Å². The third kappa shape index (κ3) is 21.2. The number of pyridine rings is 2. The molecule has 712 valence electrons. The van der Waals surface area contributed by atoms with Crippen molar-refractivity contribution in [3.8, 4) is 45.8 Å². The molecule has 8 aliphatic rings. The van der Waals surface area contributed by atoms with Gasteiger partial charge in [-0.2, -0.15) is 4.31 Å². The quantitative estimate of drug-likeness (QED) is 0.0222. The van der Waals surface area contributed by atoms with Gasteiger partial charge in [-0.1, -0.05) is 122 Å². The summed E-state index contributed by atoms with van der Waals surface area (Å²) in [5.74, 6) is -4.31. The van der Waals surface area contributed by atoms with Crippen LogP contribution in [0.25, 0.3) is 44.6 Å². The van der Waals surface area contributed by atoms with E-state index < -0.39 is 152 Å². The smallest absolute Gasteiger partial charge is 0.330 e. The minimum absolute atomic E-state index is 0.00354. The number of thiazole rings is 2. The molecule has 4 fully saturated rings. The number of anilines is 2. The van der Waals surface area contributed by atoms with Gasteiger partial charge in [-0.25, -0.2) is 47.5 Å². The molecule has 0 bridgehead atoms. The minimum atomic E-state index is -3.80. The van der Waals surface area contributed by atoms with Crippen molar-refractivity contribution in [2.45, 2.75) is 242 Å². The normalized spacial score (nSPS) is 24.7. The molecular formula is C97H118N16O18S3. The molecule has 16 rings (SSSR count). The van der Waals surface area contributed by atoms with Gasteiger partial charge in [0.25, 0.3) is 11.8 Å². The molecule has 37 heteroatoms. The number of benzene rings is 4. The molecule has 6 aliphatic heterocycles. The number of carboxylic acid groups (broad SMARTS) is 2. The molecule has 8 aromatic rings. The SMILES string of the molecule is COc1ccc2c(O[C@@H]3C[C@H]4C(=O)N[C@]5(C(=O)O)CC5/C=C\CCCCC[C@H](NC(=O)N[C@H](CN5C(=O)c6ccccc6C5=O)C(C)(C)C)C(=O)N4C3)cc(-c3csc(NC(C)C)n3)nc2c1.COc1ccc2c(O[C@@H]3C[C@H]4C(=O)N[C@]5(C(=O)O)CC5/C=C\CCCCC[C@H](NC(=O)N[C@H](CN5Cc6ccccc6S5(=O)=O)C(C)(C)C)C(=O)N4C3)cc(-c3csc(NC(C)C)n3)nc2c1. The topological polar surface area (TPSA) is 443 Å². The van der Waals surface area contributed by atoms with Gasteiger partial charge in [0.15, 0.2) is 10.3 Å². The number of sulfonamides is 1. The zero-order valence-electron chi connectivity index (χ0n) is 77.3. The van der Waals surface area contributed by atoms with Crippen molar-refractivity contribution < 1.29 is 85.5 Å². The van der Waals surface area contributed by atoms with E-state index in [9.17, 15) is 57.0 Å². The van der Waals surface area contributed by atoms with Crippen LogP contribution in [0, 0.1) is 22.7 Å². The second kappa shape index (κ2) is 39.7. The second-order valence-electron chi connectivity index (χ2n) is 38.6. The van der Waals surface area contributed by atoms with Gasteiger partial charge in [0.05, 0.1) is 78.3 Å². The first-order valence-corrected chi connectivity index (χ1v) is 49.0. The third-order valence-corrected chi connectivity index (χ3v) is 29.5. The van der Waals surface area contributed by atoms with E-state index in [-0.39, 0.29) is 88.2 Å². The Bertz CT molecular complexity index is 5710. The highest BCUT2D eigenvalue weighted by Gasteiger charge is 2.63. The number of allylic oxidation sites excluding steroid dienone is 2. The summed E-state index contributed by atoms with van der Waals surface area (Å²) in [4.78, 5) is 163. The number of aromatic nitrogens is 4. The van der Waals surface area contributed by atoms with Crippen LogP contribution in [0.4, 0.5) is 19.9 Å². The number of aliphatic carboxylic acids is 2. The van der Waals surface area contributed by atoms with Crippen LogP contribution >= 0.6 is 22.7 Å². The standard InChI is InChI=1S/C49H58N8O9S.C48H60N8O9S2/c1-27(2)50-47-53-37(26-67-47)36-22-39(33-19-18-29(65-6)20-35(33)51-36)66-30-21-38-41(58)55-49(45(62)63)23-28(49)14-10-8-7-9-11-17-34(44(61)56(38)24-30)52-46(64)54-40(48(3,4)5)25-57-42(59)31-15-12-13-16-32(31)43(57)60;1-28(2)49-46-52-37(27-66-46)36-22-39(33-19-18-31(64-6)20-35(33)50-36)65-32-21-38-42(57)54-48(44(59)60)23-30(48)15-10-8-7-9-11-16-34(43(58)56(38)25-32)51-45(61)53-41(47(3,4)5)26-55-24-29-14-12-13-17-40(29)67(55,62)63/h10,12-16,18-20,22,26-28,30,34,38,40H,7-9,11,17,21,23-25H2,1-6H3,(H,50,53)(H,55,58)(H,62,63)(H2,52,54,64);10,12-15,17-20,22,27-28,30,32,34,38,41H,7-9,11,16,21,23-26H2,1-6H3,(H,49,52)(H,54,57)(H,59,60)(H2,51,53,61)/b14-10-;15-10-/t28?,30-,34+,38+,40-,49-;30?,32-,34+,38+,41-,48-/m11/s1. The van der Waals surface area contributed by atoms with Crippen molar-refractivity contribution in [3.63, 3.8) is 0 Å². The summed E-state index contributed by atoms with van der Waals surface area (Å²) in [6, 6.07) is 20.9. The van der Waals surface area contributed by atoms with Crippen LogP contribution in [0.2, 0.25) is 0 Å². The Morgan fingerprint density at radius 3 is 1.40 bits per heavy atom. The number of hydrogen-bond donors (Lipinski definition) is 10. The summed E-state index contributed by atoms with van der Waals surface area (Å²) in [7, 11) is -0.666. The molecule has 10 N–H and O–H groups in total. The van der Waals surface area contributed by atoms with E-state index in [1.807, 2.05) is 116 Å². The average molecular weight is 1890 g/mol. The highest BCUT2D eigenvalue weighted by molar-refractivity contribution is 7.89. The molecule has 0 radical (unpaired) electrons. The molecule has 34 nitrogen and oxygen atoms in total. The lowest BCUT2D eigenvalue weighted by Gasteiger charge is -2.35. The lowest BCUT2D eigenvalue weighted by molar-refractivity contribution is -0.146. The largest absolute Gasteiger partial charge is 0.497 e. The molecule has 2 saturated carbocycles. The van der Waals surface area contributed by atoms with Gasteiger partial charge in [-0.05, 0) is 138 Å². The zero-order chi connectivity index (χ0) is 95.6. The maximum absolute atomic E-state index is 15.0. The molecule has 4 aromatic carbocycles. The van der Waals surface area contributed by atoms with Gasteiger partial charge in [-0.15, -0.1) is 22.7 Å². The summed E-state index contributed by atoms with van der Waals surface area (Å²) >= 11 is 2.89. The minimum Gasteiger partial charge on any atom is -0.497 e. The predicted octanol–water partition coefficient (Wildman–Crippen LogP) is 12.7. The van der Waals surface area contributed by atoms with E-state index in [2.05, 4.69) is 42.5 Å². The van der Waals surface area contributed by atoms with E-state index in [0.717, 1.165) is 40.8 Å². The maximum atomic E-state index is 15.0. The van der Waals surface area contributed by atoms with Gasteiger partial charge in [0, 0.05) is 102 Å². The molecule has 12 atom stereocenters. The van der Waals surface area contributed by atoms with Crippen molar-refractivity contribution in [1.82, 2.24) is 70.8 Å². The van der Waals surface area contributed by atoms with Crippen LogP contribution in [0.15, 0.2) is 137 Å². The first kappa shape index (κ1) is 96.2. The fourth-order valence-electron chi connectivity index (χ4n) is 18.2. The summed E-state index contributed by atoms with van der Waals surface area (Å²) in [5, 5.41) is 51.4. The number of hydrogen-bond acceptors (Lipinski definition) is 24. The van der Waals surface area contributed by atoms with E-state index in [1.54, 1.807) is 99.1 Å². The summed E-state index contributed by atoms with van der Waals surface area (Å²) < 4.78 is 53.1. The number of amides is 10. The Morgan fingerprint density at radius 2 is 0.985 bits per heavy atom. The second-order valence-corrected chi connectivity index (χ2v) is 42.2. The van der Waals surface area contributed by atoms with Gasteiger partial charge in [-0.3, -0.25) is 33.7 Å². The number of imide groups is 1. The summed E-state index contributed by atoms with van der Waals surface area (Å²) in [6.07, 6.45) is 12.6. The number of urea groups is 2. The van der Waals surface area contributed by atoms with Gasteiger partial charge < -0.3 is 81.5 Å². The van der Waals surface area contributed by atoms with Gasteiger partial charge in [0.1, 0.15) is 81.8 Å². The highest BCUT2D eigenvalue weighted by Crippen LogP contribution is 2.48. The lowest BCUT2D eigenvalue weighted by atomic mass is 9.86. The van der Waals surface area contributed by atoms with Crippen molar-refractivity contribution in [2.24, 2.45) is 22.7 Å². The van der Waals surface area contributed by atoms with Crippen LogP contribution in [-0.4, -0.2) is 229 Å². The van der Waals surface area contributed by atoms with Crippen LogP contribution < -0.4 is 61.5 Å². The van der Waals surface area contributed by atoms with Crippen LogP contribution in [0.3, 0.4) is 0 Å². The fraction of sp³-hybridized carbons (Fsp3) is 0.485. The summed E-state index contributed by atoms with van der Waals surface area (Å²) in [6.45, 7) is 19.4. The number of carbonyl (C=O) groups is 10. The monoisotopic (exact) mass is 1890 g/mol.